The number of hydrogen-bond donors (Lipinski definition) is 3. The monoisotopic (exact) mass is 787 g/mol. The minimum absolute atomic E-state index is 0.138. The molecule has 3 N–H and O–H groups in total. The highest BCUT2D eigenvalue weighted by Crippen LogP contribution is 2.67. The van der Waals surface area contributed by atoms with Crippen LogP contribution in [0.5, 0.6) is 0 Å². The van der Waals surface area contributed by atoms with E-state index in [1.807, 2.05) is 0 Å². The van der Waals surface area contributed by atoms with E-state index in [2.05, 4.69) is 54.5 Å². The first kappa shape index (κ1) is 46.1. The van der Waals surface area contributed by atoms with Crippen LogP contribution in [0.15, 0.2) is 11.6 Å². The third kappa shape index (κ3) is 11.0. The van der Waals surface area contributed by atoms with Gasteiger partial charge in [-0.15, -0.1) is 0 Å². The largest absolute Gasteiger partial charge is 0.463 e. The molecular weight excluding hydrogens is 701 g/mol. The molecule has 324 valence electrons. The Morgan fingerprint density at radius 1 is 0.821 bits per heavy atom. The summed E-state index contributed by atoms with van der Waals surface area (Å²) in [5.74, 6) is 5.24. The molecule has 5 aliphatic rings. The van der Waals surface area contributed by atoms with Crippen molar-refractivity contribution in [2.75, 3.05) is 6.61 Å². The summed E-state index contributed by atoms with van der Waals surface area (Å²) in [5, 5.41) is 32.4. The standard InChI is InChI=1S/C49H86O7/c1-8-10-11-12-13-14-15-16-17-18-19-20-43(50)54-32-42-44(51)45(52)46(53)47(56-42)55-37-27-29-48(6)36(31-37)23-24-38-40-26-25-39(49(40,7)30-28-41(38)48)34(5)21-22-35(9-2)33(3)4/h23,33-35,37-42,44-47,51-53H,8-22,24-32H2,1-7H3/t34-,35-,37+,38-,39-,40-,41-,42+,44+,45-,46+,47+,48+,49-/m1/s1. The van der Waals surface area contributed by atoms with Crippen molar-refractivity contribution < 1.29 is 34.3 Å². The number of carbonyl (C=O) groups excluding carboxylic acids is 1. The number of unbranched alkanes of at least 4 members (excludes halogenated alkanes) is 10. The Morgan fingerprint density at radius 2 is 1.50 bits per heavy atom. The van der Waals surface area contributed by atoms with Crippen LogP contribution in [0.2, 0.25) is 0 Å². The molecular formula is C49H86O7. The van der Waals surface area contributed by atoms with Crippen LogP contribution in [-0.2, 0) is 19.0 Å². The maximum atomic E-state index is 12.6. The van der Waals surface area contributed by atoms with Crippen LogP contribution >= 0.6 is 0 Å². The Bertz CT molecular complexity index is 1220. The zero-order chi connectivity index (χ0) is 40.5. The van der Waals surface area contributed by atoms with Gasteiger partial charge < -0.3 is 29.5 Å². The summed E-state index contributed by atoms with van der Waals surface area (Å²) < 4.78 is 18.0. The van der Waals surface area contributed by atoms with Crippen molar-refractivity contribution in [3.8, 4) is 0 Å². The second-order valence-electron chi connectivity index (χ2n) is 20.4. The Balaban J connectivity index is 1.07. The summed E-state index contributed by atoms with van der Waals surface area (Å²) in [6, 6.07) is 0. The molecule has 1 heterocycles. The molecule has 56 heavy (non-hydrogen) atoms. The lowest BCUT2D eigenvalue weighted by Crippen LogP contribution is -2.60. The van der Waals surface area contributed by atoms with Crippen molar-refractivity contribution in [2.24, 2.45) is 52.3 Å². The van der Waals surface area contributed by atoms with Gasteiger partial charge in [-0.2, -0.15) is 0 Å². The maximum absolute atomic E-state index is 12.6. The molecule has 1 saturated heterocycles. The van der Waals surface area contributed by atoms with E-state index in [0.717, 1.165) is 80.5 Å². The van der Waals surface area contributed by atoms with Gasteiger partial charge >= 0.3 is 5.97 Å². The van der Waals surface area contributed by atoms with Crippen LogP contribution in [0.3, 0.4) is 0 Å². The summed E-state index contributed by atoms with van der Waals surface area (Å²) >= 11 is 0. The van der Waals surface area contributed by atoms with E-state index >= 15 is 0 Å². The zero-order valence-electron chi connectivity index (χ0n) is 37.0. The van der Waals surface area contributed by atoms with Gasteiger partial charge in [0.1, 0.15) is 31.0 Å². The number of allylic oxidation sites excluding steroid dienone is 1. The highest BCUT2D eigenvalue weighted by atomic mass is 16.7. The smallest absolute Gasteiger partial charge is 0.305 e. The number of carbonyl (C=O) groups is 1. The number of esters is 1. The van der Waals surface area contributed by atoms with Crippen molar-refractivity contribution >= 4 is 5.97 Å². The molecule has 0 bridgehead atoms. The lowest BCUT2D eigenvalue weighted by atomic mass is 9.47. The fourth-order valence-electron chi connectivity index (χ4n) is 12.9. The number of ether oxygens (including phenoxy) is 3. The number of aliphatic hydroxyl groups is 3. The molecule has 3 saturated carbocycles. The van der Waals surface area contributed by atoms with Crippen LogP contribution in [0, 0.1) is 52.3 Å². The van der Waals surface area contributed by atoms with Crippen molar-refractivity contribution in [1.29, 1.82) is 0 Å². The van der Waals surface area contributed by atoms with E-state index in [-0.39, 0.29) is 24.1 Å². The van der Waals surface area contributed by atoms with Gasteiger partial charge in [0, 0.05) is 6.42 Å². The van der Waals surface area contributed by atoms with Crippen LogP contribution in [0.25, 0.3) is 0 Å². The van der Waals surface area contributed by atoms with Gasteiger partial charge in [-0.25, -0.2) is 0 Å². The Hall–Kier alpha value is -0.990. The minimum atomic E-state index is -1.44. The second-order valence-corrected chi connectivity index (χ2v) is 20.4. The fourth-order valence-corrected chi connectivity index (χ4v) is 12.9. The van der Waals surface area contributed by atoms with E-state index in [0.29, 0.717) is 17.8 Å². The summed E-state index contributed by atoms with van der Waals surface area (Å²) in [5.41, 5.74) is 2.13. The SMILES string of the molecule is CCCCCCCCCCCCCC(=O)OC[C@@H]1O[C@H](O[C@H]2CC[C@@]3(C)C(=CC[C@@H]4[C@H]5CC[C@H]([C@H](C)CC[C@@H](CC)C(C)C)[C@@]5(C)CC[C@H]43)C2)[C@@H](O)[C@H](O)[C@H]1O. The van der Waals surface area contributed by atoms with Gasteiger partial charge in [-0.05, 0) is 116 Å². The van der Waals surface area contributed by atoms with E-state index in [1.165, 1.54) is 102 Å². The summed E-state index contributed by atoms with van der Waals surface area (Å²) in [6.45, 7) is 17.0. The van der Waals surface area contributed by atoms with E-state index in [4.69, 9.17) is 14.2 Å². The molecule has 0 unspecified atom stereocenters. The molecule has 7 nitrogen and oxygen atoms in total. The van der Waals surface area contributed by atoms with E-state index in [1.54, 1.807) is 0 Å². The zero-order valence-corrected chi connectivity index (χ0v) is 37.0. The molecule has 0 aromatic rings. The van der Waals surface area contributed by atoms with Crippen molar-refractivity contribution in [1.82, 2.24) is 0 Å². The lowest BCUT2D eigenvalue weighted by molar-refractivity contribution is -0.313. The molecule has 7 heteroatoms. The quantitative estimate of drug-likeness (QED) is 0.0570. The number of hydrogen-bond acceptors (Lipinski definition) is 7. The topological polar surface area (TPSA) is 105 Å². The van der Waals surface area contributed by atoms with Crippen molar-refractivity contribution in [3.05, 3.63) is 11.6 Å². The van der Waals surface area contributed by atoms with Gasteiger partial charge in [-0.3, -0.25) is 4.79 Å². The second kappa shape index (κ2) is 21.5. The Morgan fingerprint density at radius 3 is 2.16 bits per heavy atom. The minimum Gasteiger partial charge on any atom is -0.463 e. The molecule has 0 amide bonds. The van der Waals surface area contributed by atoms with Crippen LogP contribution in [-0.4, -0.2) is 64.7 Å². The first-order valence-corrected chi connectivity index (χ1v) is 24.0. The van der Waals surface area contributed by atoms with Crippen molar-refractivity contribution in [3.63, 3.8) is 0 Å². The summed E-state index contributed by atoms with van der Waals surface area (Å²) in [7, 11) is 0. The number of aliphatic hydroxyl groups excluding tert-OH is 3. The Kier molecular flexibility index (Phi) is 17.7. The molecule has 1 aliphatic heterocycles. The molecule has 4 aliphatic carbocycles. The number of rotatable bonds is 22. The Labute approximate surface area is 342 Å². The molecule has 0 radical (unpaired) electrons. The van der Waals surface area contributed by atoms with E-state index < -0.39 is 30.7 Å². The number of fused-ring (bicyclic) bond motifs is 5. The lowest BCUT2D eigenvalue weighted by Gasteiger charge is -2.58. The molecule has 0 aromatic heterocycles. The predicted octanol–water partition coefficient (Wildman–Crippen LogP) is 11.1. The highest BCUT2D eigenvalue weighted by Gasteiger charge is 2.59. The maximum Gasteiger partial charge on any atom is 0.305 e. The molecule has 14 atom stereocenters. The van der Waals surface area contributed by atoms with Crippen molar-refractivity contribution in [2.45, 2.75) is 233 Å². The van der Waals surface area contributed by atoms with Gasteiger partial charge in [0.25, 0.3) is 0 Å². The summed E-state index contributed by atoms with van der Waals surface area (Å²) in [4.78, 5) is 12.6. The van der Waals surface area contributed by atoms with Crippen LogP contribution < -0.4 is 0 Å². The predicted molar refractivity (Wildman–Crippen MR) is 226 cm³/mol. The average Bonchev–Trinajstić information content (AvgIpc) is 3.54. The fraction of sp³-hybridized carbons (Fsp3) is 0.939. The van der Waals surface area contributed by atoms with Crippen LogP contribution in [0.1, 0.15) is 196 Å². The molecule has 5 rings (SSSR count). The van der Waals surface area contributed by atoms with Gasteiger partial charge in [0.15, 0.2) is 6.29 Å². The van der Waals surface area contributed by atoms with Gasteiger partial charge in [0.2, 0.25) is 0 Å². The van der Waals surface area contributed by atoms with Gasteiger partial charge in [0.05, 0.1) is 6.10 Å². The molecule has 0 aromatic carbocycles. The normalized spacial score (nSPS) is 38.0. The molecule has 4 fully saturated rings. The molecule has 0 spiro atoms. The van der Waals surface area contributed by atoms with E-state index in [9.17, 15) is 20.1 Å². The first-order chi connectivity index (χ1) is 26.8. The third-order valence-electron chi connectivity index (χ3n) is 16.7. The average molecular weight is 787 g/mol. The first-order valence-electron chi connectivity index (χ1n) is 24.0. The van der Waals surface area contributed by atoms with Crippen LogP contribution in [0.4, 0.5) is 0 Å². The van der Waals surface area contributed by atoms with Gasteiger partial charge in [-0.1, -0.05) is 137 Å². The highest BCUT2D eigenvalue weighted by molar-refractivity contribution is 5.69. The summed E-state index contributed by atoms with van der Waals surface area (Å²) in [6.07, 6.45) is 23.3. The third-order valence-corrected chi connectivity index (χ3v) is 16.7.